The van der Waals surface area contributed by atoms with E-state index in [0.29, 0.717) is 18.1 Å². The van der Waals surface area contributed by atoms with Crippen LogP contribution >= 0.6 is 11.6 Å². The number of alkyl halides is 1. The second-order valence-corrected chi connectivity index (χ2v) is 4.78. The molecule has 1 N–H and O–H groups in total. The van der Waals surface area contributed by atoms with Crippen molar-refractivity contribution in [1.82, 2.24) is 25.0 Å². The van der Waals surface area contributed by atoms with E-state index < -0.39 is 0 Å². The molecular formula is C11H17ClN6. The maximum absolute atomic E-state index is 6.38. The van der Waals surface area contributed by atoms with Gasteiger partial charge in [0.1, 0.15) is 5.82 Å². The maximum atomic E-state index is 6.38. The minimum atomic E-state index is 0.0896. The SMILES string of the molecule is CCC(CC)C(Cl)CNc1cncc2nnnn12. The molecule has 7 heteroatoms. The summed E-state index contributed by atoms with van der Waals surface area (Å²) in [4.78, 5) is 4.08. The molecule has 0 fully saturated rings. The first kappa shape index (κ1) is 13.0. The van der Waals surface area contributed by atoms with Crippen LogP contribution in [0.25, 0.3) is 5.65 Å². The number of rotatable bonds is 6. The number of hydrogen-bond acceptors (Lipinski definition) is 5. The molecule has 0 bridgehead atoms. The van der Waals surface area contributed by atoms with Crippen LogP contribution in [0.2, 0.25) is 0 Å². The molecule has 2 rings (SSSR count). The van der Waals surface area contributed by atoms with Gasteiger partial charge in [0.2, 0.25) is 0 Å². The summed E-state index contributed by atoms with van der Waals surface area (Å²) < 4.78 is 1.61. The van der Waals surface area contributed by atoms with Crippen LogP contribution in [0, 0.1) is 5.92 Å². The molecule has 2 heterocycles. The Bertz CT molecular complexity index is 495. The monoisotopic (exact) mass is 268 g/mol. The smallest absolute Gasteiger partial charge is 0.199 e. The lowest BCUT2D eigenvalue weighted by Crippen LogP contribution is -2.23. The molecule has 0 amide bonds. The van der Waals surface area contributed by atoms with E-state index in [2.05, 4.69) is 39.7 Å². The Balaban J connectivity index is 2.04. The number of nitrogens with one attached hydrogen (secondary N) is 1. The molecule has 2 aromatic rings. The van der Waals surface area contributed by atoms with E-state index in [9.17, 15) is 0 Å². The average Bonchev–Trinajstić information content (AvgIpc) is 2.86. The van der Waals surface area contributed by atoms with Gasteiger partial charge < -0.3 is 5.32 Å². The Morgan fingerprint density at radius 3 is 2.83 bits per heavy atom. The Kier molecular flexibility index (Phi) is 4.30. The number of anilines is 1. The normalized spacial score (nSPS) is 13.1. The second kappa shape index (κ2) is 5.95. The number of tetrazole rings is 1. The number of aromatic nitrogens is 5. The maximum Gasteiger partial charge on any atom is 0.199 e. The molecule has 0 spiro atoms. The highest BCUT2D eigenvalue weighted by atomic mass is 35.5. The summed E-state index contributed by atoms with van der Waals surface area (Å²) in [6, 6.07) is 0. The van der Waals surface area contributed by atoms with Crippen LogP contribution in [0.3, 0.4) is 0 Å². The van der Waals surface area contributed by atoms with E-state index in [1.807, 2.05) is 0 Å². The lowest BCUT2D eigenvalue weighted by Gasteiger charge is -2.19. The molecule has 98 valence electrons. The number of fused-ring (bicyclic) bond motifs is 1. The second-order valence-electron chi connectivity index (χ2n) is 4.21. The third-order valence-corrected chi connectivity index (χ3v) is 3.66. The van der Waals surface area contributed by atoms with Crippen LogP contribution in [0.5, 0.6) is 0 Å². The van der Waals surface area contributed by atoms with E-state index in [4.69, 9.17) is 11.6 Å². The van der Waals surface area contributed by atoms with E-state index in [1.54, 1.807) is 16.9 Å². The van der Waals surface area contributed by atoms with Gasteiger partial charge in [-0.3, -0.25) is 4.98 Å². The molecule has 0 saturated carbocycles. The van der Waals surface area contributed by atoms with E-state index in [-0.39, 0.29) is 5.38 Å². The first-order valence-electron chi connectivity index (χ1n) is 6.16. The number of nitrogens with zero attached hydrogens (tertiary/aromatic N) is 5. The van der Waals surface area contributed by atoms with Crippen molar-refractivity contribution < 1.29 is 0 Å². The van der Waals surface area contributed by atoms with Crippen molar-refractivity contribution in [3.05, 3.63) is 12.4 Å². The summed E-state index contributed by atoms with van der Waals surface area (Å²) in [5, 5.41) is 14.7. The summed E-state index contributed by atoms with van der Waals surface area (Å²) in [5.41, 5.74) is 0.619. The zero-order chi connectivity index (χ0) is 13.0. The van der Waals surface area contributed by atoms with Gasteiger partial charge in [0, 0.05) is 6.54 Å². The summed E-state index contributed by atoms with van der Waals surface area (Å²) in [6.07, 6.45) is 5.48. The molecule has 0 aromatic carbocycles. The molecule has 0 aliphatic carbocycles. The van der Waals surface area contributed by atoms with Gasteiger partial charge in [-0.05, 0) is 16.3 Å². The minimum Gasteiger partial charge on any atom is -0.367 e. The largest absolute Gasteiger partial charge is 0.367 e. The molecule has 18 heavy (non-hydrogen) atoms. The third kappa shape index (κ3) is 2.69. The Labute approximate surface area is 111 Å². The highest BCUT2D eigenvalue weighted by Gasteiger charge is 2.16. The zero-order valence-electron chi connectivity index (χ0n) is 10.5. The van der Waals surface area contributed by atoms with Gasteiger partial charge in [-0.2, -0.15) is 4.52 Å². The van der Waals surface area contributed by atoms with Crippen molar-refractivity contribution in [2.75, 3.05) is 11.9 Å². The molecule has 0 aliphatic heterocycles. The molecule has 1 unspecified atom stereocenters. The lowest BCUT2D eigenvalue weighted by molar-refractivity contribution is 0.475. The van der Waals surface area contributed by atoms with Crippen molar-refractivity contribution in [2.24, 2.45) is 5.92 Å². The fourth-order valence-corrected chi connectivity index (χ4v) is 2.40. The fraction of sp³-hybridized carbons (Fsp3) is 0.636. The van der Waals surface area contributed by atoms with Crippen LogP contribution < -0.4 is 5.32 Å². The third-order valence-electron chi connectivity index (χ3n) is 3.15. The molecule has 6 nitrogen and oxygen atoms in total. The molecule has 0 aliphatic rings. The molecular weight excluding hydrogens is 252 g/mol. The molecule has 0 radical (unpaired) electrons. The number of hydrogen-bond donors (Lipinski definition) is 1. The minimum absolute atomic E-state index is 0.0896. The Morgan fingerprint density at radius 1 is 1.33 bits per heavy atom. The standard InChI is InChI=1S/C11H17ClN6/c1-3-8(4-2)9(12)5-14-10-6-13-7-11-15-16-17-18(10)11/h6-9,14H,3-5H2,1-2H3. The van der Waals surface area contributed by atoms with Crippen molar-refractivity contribution in [3.63, 3.8) is 0 Å². The van der Waals surface area contributed by atoms with Gasteiger partial charge in [0.25, 0.3) is 0 Å². The van der Waals surface area contributed by atoms with Crippen molar-refractivity contribution >= 4 is 23.1 Å². The Hall–Kier alpha value is -1.43. The zero-order valence-corrected chi connectivity index (χ0v) is 11.3. The van der Waals surface area contributed by atoms with Crippen LogP contribution in [0.15, 0.2) is 12.4 Å². The summed E-state index contributed by atoms with van der Waals surface area (Å²) >= 11 is 6.38. The van der Waals surface area contributed by atoms with E-state index in [0.717, 1.165) is 18.7 Å². The van der Waals surface area contributed by atoms with Crippen molar-refractivity contribution in [3.8, 4) is 0 Å². The lowest BCUT2D eigenvalue weighted by atomic mass is 9.99. The van der Waals surface area contributed by atoms with Gasteiger partial charge in [-0.1, -0.05) is 26.7 Å². The topological polar surface area (TPSA) is 68.0 Å². The van der Waals surface area contributed by atoms with Crippen LogP contribution in [0.4, 0.5) is 5.82 Å². The molecule has 0 saturated heterocycles. The summed E-state index contributed by atoms with van der Waals surface area (Å²) in [7, 11) is 0. The Morgan fingerprint density at radius 2 is 2.11 bits per heavy atom. The molecule has 1 atom stereocenters. The quantitative estimate of drug-likeness (QED) is 0.812. The van der Waals surface area contributed by atoms with Gasteiger partial charge in [0.05, 0.1) is 17.8 Å². The van der Waals surface area contributed by atoms with E-state index in [1.165, 1.54) is 0 Å². The van der Waals surface area contributed by atoms with Crippen LogP contribution in [-0.2, 0) is 0 Å². The molecule has 2 aromatic heterocycles. The van der Waals surface area contributed by atoms with Crippen LogP contribution in [-0.4, -0.2) is 36.9 Å². The highest BCUT2D eigenvalue weighted by molar-refractivity contribution is 6.21. The highest BCUT2D eigenvalue weighted by Crippen LogP contribution is 2.19. The van der Waals surface area contributed by atoms with Crippen molar-refractivity contribution in [1.29, 1.82) is 0 Å². The van der Waals surface area contributed by atoms with Gasteiger partial charge in [-0.15, -0.1) is 16.7 Å². The first-order chi connectivity index (χ1) is 8.76. The predicted molar refractivity (Wildman–Crippen MR) is 70.8 cm³/mol. The summed E-state index contributed by atoms with van der Waals surface area (Å²) in [5.74, 6) is 1.27. The van der Waals surface area contributed by atoms with Crippen molar-refractivity contribution in [2.45, 2.75) is 32.1 Å². The fourth-order valence-electron chi connectivity index (χ4n) is 1.96. The van der Waals surface area contributed by atoms with Crippen LogP contribution in [0.1, 0.15) is 26.7 Å². The first-order valence-corrected chi connectivity index (χ1v) is 6.60. The average molecular weight is 269 g/mol. The van der Waals surface area contributed by atoms with Gasteiger partial charge in [0.15, 0.2) is 5.65 Å². The predicted octanol–water partition coefficient (Wildman–Crippen LogP) is 1.97. The number of halogens is 1. The van der Waals surface area contributed by atoms with Gasteiger partial charge >= 0.3 is 0 Å². The summed E-state index contributed by atoms with van der Waals surface area (Å²) in [6.45, 7) is 4.99. The van der Waals surface area contributed by atoms with E-state index >= 15 is 0 Å². The van der Waals surface area contributed by atoms with Gasteiger partial charge in [-0.25, -0.2) is 0 Å².